The molecule has 0 radical (unpaired) electrons. The van der Waals surface area contributed by atoms with Gasteiger partial charge in [-0.05, 0) is 70.6 Å². The minimum atomic E-state index is -1.19. The van der Waals surface area contributed by atoms with Gasteiger partial charge in [-0.25, -0.2) is 9.59 Å². The van der Waals surface area contributed by atoms with Crippen LogP contribution >= 0.6 is 11.6 Å². The number of alkyl carbamates (subject to hydrolysis) is 1. The summed E-state index contributed by atoms with van der Waals surface area (Å²) in [6.07, 6.45) is -0.731. The van der Waals surface area contributed by atoms with Gasteiger partial charge < -0.3 is 24.6 Å². The average molecular weight is 572 g/mol. The van der Waals surface area contributed by atoms with Crippen molar-refractivity contribution in [1.29, 1.82) is 0 Å². The molecular formula is C33H30ClNO6. The van der Waals surface area contributed by atoms with Gasteiger partial charge in [0, 0.05) is 22.9 Å². The molecule has 0 fully saturated rings. The van der Waals surface area contributed by atoms with Crippen molar-refractivity contribution in [1.82, 2.24) is 5.32 Å². The Balaban J connectivity index is 1.24. The average Bonchev–Trinajstić information content (AvgIpc) is 3.29. The molecule has 41 heavy (non-hydrogen) atoms. The summed E-state index contributed by atoms with van der Waals surface area (Å²) in [5, 5.41) is 13.0. The number of benzene rings is 4. The lowest BCUT2D eigenvalue weighted by molar-refractivity contribution is -0.139. The highest BCUT2D eigenvalue weighted by Crippen LogP contribution is 2.44. The molecule has 0 spiro atoms. The molecule has 1 unspecified atom stereocenters. The van der Waals surface area contributed by atoms with Gasteiger partial charge in [-0.3, -0.25) is 0 Å². The summed E-state index contributed by atoms with van der Waals surface area (Å²) in [5.74, 6) is 0.00712. The predicted octanol–water partition coefficient (Wildman–Crippen LogP) is 6.77. The summed E-state index contributed by atoms with van der Waals surface area (Å²) in [4.78, 5) is 24.8. The Bertz CT molecular complexity index is 1540. The molecule has 0 aromatic heterocycles. The molecule has 7 nitrogen and oxygen atoms in total. The Morgan fingerprint density at radius 3 is 2.22 bits per heavy atom. The van der Waals surface area contributed by atoms with Gasteiger partial charge in [0.05, 0.1) is 7.11 Å². The summed E-state index contributed by atoms with van der Waals surface area (Å²) >= 11 is 6.04. The monoisotopic (exact) mass is 571 g/mol. The molecule has 5 rings (SSSR count). The van der Waals surface area contributed by atoms with E-state index in [0.29, 0.717) is 22.1 Å². The third kappa shape index (κ3) is 6.31. The Labute approximate surface area is 243 Å². The third-order valence-corrected chi connectivity index (χ3v) is 7.47. The van der Waals surface area contributed by atoms with E-state index in [1.807, 2.05) is 55.5 Å². The standard InChI is InChI=1S/C33H30ClNO6/c1-20-15-23(34)12-14-30(20)40-18-22-16-21(11-13-31(22)39-2)17-29(32(36)37)35-33(38)41-19-28-26-9-5-3-7-24(26)25-8-4-6-10-27(25)28/h3-16,28-29H,17-19H2,1-2H3,(H,35,38)(H,36,37). The van der Waals surface area contributed by atoms with Gasteiger partial charge in [-0.1, -0.05) is 66.2 Å². The molecule has 0 heterocycles. The van der Waals surface area contributed by atoms with Crippen LogP contribution in [0.2, 0.25) is 5.02 Å². The molecule has 1 aliphatic rings. The molecule has 1 amide bonds. The van der Waals surface area contributed by atoms with E-state index < -0.39 is 18.1 Å². The smallest absolute Gasteiger partial charge is 0.407 e. The van der Waals surface area contributed by atoms with E-state index in [9.17, 15) is 14.7 Å². The van der Waals surface area contributed by atoms with Crippen LogP contribution in [0.1, 0.15) is 33.7 Å². The Kier molecular flexibility index (Phi) is 8.45. The van der Waals surface area contributed by atoms with Crippen molar-refractivity contribution in [3.8, 4) is 22.6 Å². The zero-order valence-electron chi connectivity index (χ0n) is 22.7. The van der Waals surface area contributed by atoms with Crippen molar-refractivity contribution in [2.45, 2.75) is 31.9 Å². The minimum absolute atomic E-state index is 0.0521. The number of ether oxygens (including phenoxy) is 3. The molecule has 2 N–H and O–H groups in total. The summed E-state index contributed by atoms with van der Waals surface area (Å²) in [6, 6.07) is 25.6. The van der Waals surface area contributed by atoms with E-state index in [4.69, 9.17) is 25.8 Å². The number of methoxy groups -OCH3 is 1. The van der Waals surface area contributed by atoms with Crippen LogP contribution in [0.25, 0.3) is 11.1 Å². The second kappa shape index (κ2) is 12.4. The lowest BCUT2D eigenvalue weighted by atomic mass is 9.98. The first-order chi connectivity index (χ1) is 19.8. The highest BCUT2D eigenvalue weighted by atomic mass is 35.5. The maximum Gasteiger partial charge on any atom is 0.407 e. The number of carboxylic acid groups (broad SMARTS) is 1. The number of hydrogen-bond acceptors (Lipinski definition) is 5. The van der Waals surface area contributed by atoms with E-state index in [0.717, 1.165) is 33.4 Å². The van der Waals surface area contributed by atoms with Gasteiger partial charge in [-0.15, -0.1) is 0 Å². The van der Waals surface area contributed by atoms with E-state index in [2.05, 4.69) is 17.4 Å². The SMILES string of the molecule is COc1ccc(CC(NC(=O)OCC2c3ccccc3-c3ccccc32)C(=O)O)cc1COc1ccc(Cl)cc1C. The molecule has 8 heteroatoms. The fourth-order valence-corrected chi connectivity index (χ4v) is 5.45. The van der Waals surface area contributed by atoms with Crippen LogP contribution in [-0.2, 0) is 22.6 Å². The number of carboxylic acids is 1. The van der Waals surface area contributed by atoms with E-state index in [1.54, 1.807) is 31.4 Å². The van der Waals surface area contributed by atoms with Crippen LogP contribution in [0, 0.1) is 6.92 Å². The van der Waals surface area contributed by atoms with E-state index in [-0.39, 0.29) is 25.6 Å². The van der Waals surface area contributed by atoms with Crippen LogP contribution in [0.5, 0.6) is 11.5 Å². The Hall–Kier alpha value is -4.49. The van der Waals surface area contributed by atoms with Crippen molar-refractivity contribution < 1.29 is 28.9 Å². The molecule has 1 atom stereocenters. The number of nitrogens with one attached hydrogen (secondary N) is 1. The van der Waals surface area contributed by atoms with Gasteiger partial charge in [0.2, 0.25) is 0 Å². The number of aliphatic carboxylic acids is 1. The van der Waals surface area contributed by atoms with Gasteiger partial charge in [0.15, 0.2) is 0 Å². The first-order valence-electron chi connectivity index (χ1n) is 13.2. The summed E-state index contributed by atoms with van der Waals surface area (Å²) in [7, 11) is 1.56. The molecule has 210 valence electrons. The molecule has 0 saturated carbocycles. The van der Waals surface area contributed by atoms with E-state index >= 15 is 0 Å². The first kappa shape index (κ1) is 28.1. The fraction of sp³-hybridized carbons (Fsp3) is 0.212. The van der Waals surface area contributed by atoms with Gasteiger partial charge in [0.1, 0.15) is 30.8 Å². The summed E-state index contributed by atoms with van der Waals surface area (Å²) in [6.45, 7) is 2.21. The van der Waals surface area contributed by atoms with Crippen molar-refractivity contribution >= 4 is 23.7 Å². The maximum atomic E-state index is 12.8. The van der Waals surface area contributed by atoms with Crippen molar-refractivity contribution in [2.75, 3.05) is 13.7 Å². The second-order valence-electron chi connectivity index (χ2n) is 9.91. The second-order valence-corrected chi connectivity index (χ2v) is 10.3. The van der Waals surface area contributed by atoms with Crippen LogP contribution in [0.4, 0.5) is 4.79 Å². The quantitative estimate of drug-likeness (QED) is 0.218. The molecule has 1 aliphatic carbocycles. The normalized spacial score (nSPS) is 12.7. The van der Waals surface area contributed by atoms with Gasteiger partial charge in [0.25, 0.3) is 0 Å². The molecule has 0 saturated heterocycles. The van der Waals surface area contributed by atoms with Crippen molar-refractivity contribution in [2.24, 2.45) is 0 Å². The highest BCUT2D eigenvalue weighted by molar-refractivity contribution is 6.30. The number of hydrogen-bond donors (Lipinski definition) is 2. The van der Waals surface area contributed by atoms with Gasteiger partial charge in [-0.2, -0.15) is 0 Å². The number of fused-ring (bicyclic) bond motifs is 3. The number of carbonyl (C=O) groups is 2. The molecule has 0 aliphatic heterocycles. The molecular weight excluding hydrogens is 542 g/mol. The largest absolute Gasteiger partial charge is 0.496 e. The maximum absolute atomic E-state index is 12.8. The van der Waals surface area contributed by atoms with Crippen LogP contribution in [-0.4, -0.2) is 36.9 Å². The third-order valence-electron chi connectivity index (χ3n) is 7.24. The zero-order valence-corrected chi connectivity index (χ0v) is 23.5. The summed E-state index contributed by atoms with van der Waals surface area (Å²) < 4.78 is 17.0. The zero-order chi connectivity index (χ0) is 28.9. The van der Waals surface area contributed by atoms with Crippen molar-refractivity contribution in [3.63, 3.8) is 0 Å². The number of rotatable bonds is 10. The molecule has 0 bridgehead atoms. The van der Waals surface area contributed by atoms with Crippen LogP contribution in [0.3, 0.4) is 0 Å². The minimum Gasteiger partial charge on any atom is -0.496 e. The number of aryl methyl sites for hydroxylation is 1. The topological polar surface area (TPSA) is 94.1 Å². The number of amides is 1. The van der Waals surface area contributed by atoms with Crippen LogP contribution < -0.4 is 14.8 Å². The predicted molar refractivity (Wildman–Crippen MR) is 157 cm³/mol. The number of halogens is 1. The Morgan fingerprint density at radius 2 is 1.59 bits per heavy atom. The molecule has 4 aromatic carbocycles. The fourth-order valence-electron chi connectivity index (χ4n) is 5.22. The highest BCUT2D eigenvalue weighted by Gasteiger charge is 2.30. The number of carbonyl (C=O) groups excluding carboxylic acids is 1. The lowest BCUT2D eigenvalue weighted by Gasteiger charge is -2.18. The van der Waals surface area contributed by atoms with Gasteiger partial charge >= 0.3 is 12.1 Å². The molecule has 4 aromatic rings. The first-order valence-corrected chi connectivity index (χ1v) is 13.6. The van der Waals surface area contributed by atoms with Crippen LogP contribution in [0.15, 0.2) is 84.9 Å². The Morgan fingerprint density at radius 1 is 0.927 bits per heavy atom. The lowest BCUT2D eigenvalue weighted by Crippen LogP contribution is -2.42. The van der Waals surface area contributed by atoms with E-state index in [1.165, 1.54) is 0 Å². The summed E-state index contributed by atoms with van der Waals surface area (Å²) in [5.41, 5.74) is 6.73. The van der Waals surface area contributed by atoms with Crippen molar-refractivity contribution in [3.05, 3.63) is 118 Å².